The van der Waals surface area contributed by atoms with E-state index >= 15 is 0 Å². The fourth-order valence-electron chi connectivity index (χ4n) is 1.82. The largest absolute Gasteiger partial charge is 0.488 e. The molecule has 5 heteroatoms. The summed E-state index contributed by atoms with van der Waals surface area (Å²) in [7, 11) is -1.47. The lowest BCUT2D eigenvalue weighted by Gasteiger charge is -2.10. The van der Waals surface area contributed by atoms with Gasteiger partial charge in [0.2, 0.25) is 0 Å². The van der Waals surface area contributed by atoms with E-state index in [2.05, 4.69) is 0 Å². The highest BCUT2D eigenvalue weighted by Gasteiger charge is 2.27. The molecule has 78 valence electrons. The molecule has 1 aliphatic rings. The van der Waals surface area contributed by atoms with Gasteiger partial charge in [-0.1, -0.05) is 12.1 Å². The molecule has 4 nitrogen and oxygen atoms in total. The lowest BCUT2D eigenvalue weighted by molar-refractivity contribution is 0.0787. The van der Waals surface area contributed by atoms with Crippen molar-refractivity contribution in [3.8, 4) is 0 Å². The van der Waals surface area contributed by atoms with Crippen molar-refractivity contribution in [2.75, 3.05) is 6.54 Å². The van der Waals surface area contributed by atoms with Crippen LogP contribution in [0.4, 0.5) is 0 Å². The SMILES string of the molecule is CCN1Cc2cc(B(O)O)ccc2C1=O. The van der Waals surface area contributed by atoms with Crippen molar-refractivity contribution in [2.45, 2.75) is 13.5 Å². The van der Waals surface area contributed by atoms with Gasteiger partial charge >= 0.3 is 7.12 Å². The number of carbonyl (C=O) groups excluding carboxylic acids is 1. The molecule has 1 aliphatic heterocycles. The second-order valence-electron chi connectivity index (χ2n) is 3.61. The Morgan fingerprint density at radius 1 is 1.47 bits per heavy atom. The summed E-state index contributed by atoms with van der Waals surface area (Å²) in [5.41, 5.74) is 1.97. The predicted molar refractivity (Wildman–Crippen MR) is 56.7 cm³/mol. The van der Waals surface area contributed by atoms with Crippen LogP contribution in [0.25, 0.3) is 0 Å². The first-order valence-electron chi connectivity index (χ1n) is 4.91. The van der Waals surface area contributed by atoms with E-state index < -0.39 is 7.12 Å². The van der Waals surface area contributed by atoms with E-state index in [1.807, 2.05) is 6.92 Å². The zero-order valence-corrected chi connectivity index (χ0v) is 8.47. The molecule has 0 saturated carbocycles. The van der Waals surface area contributed by atoms with Crippen LogP contribution in [-0.2, 0) is 6.54 Å². The van der Waals surface area contributed by atoms with E-state index in [1.54, 1.807) is 23.1 Å². The van der Waals surface area contributed by atoms with Gasteiger partial charge in [0.25, 0.3) is 5.91 Å². The molecule has 0 unspecified atom stereocenters. The van der Waals surface area contributed by atoms with Crippen LogP contribution in [0.5, 0.6) is 0 Å². The maximum atomic E-state index is 11.7. The summed E-state index contributed by atoms with van der Waals surface area (Å²) in [5.74, 6) is 0.0199. The maximum Gasteiger partial charge on any atom is 0.488 e. The highest BCUT2D eigenvalue weighted by Crippen LogP contribution is 2.20. The minimum Gasteiger partial charge on any atom is -0.423 e. The van der Waals surface area contributed by atoms with Crippen molar-refractivity contribution < 1.29 is 14.8 Å². The zero-order chi connectivity index (χ0) is 11.0. The Bertz CT molecular complexity index is 406. The van der Waals surface area contributed by atoms with Crippen LogP contribution < -0.4 is 5.46 Å². The van der Waals surface area contributed by atoms with E-state index in [4.69, 9.17) is 10.0 Å². The highest BCUT2D eigenvalue weighted by atomic mass is 16.4. The molecule has 2 rings (SSSR count). The molecule has 0 atom stereocenters. The van der Waals surface area contributed by atoms with Gasteiger partial charge in [-0.3, -0.25) is 4.79 Å². The average molecular weight is 205 g/mol. The number of amides is 1. The van der Waals surface area contributed by atoms with Crippen LogP contribution in [0.15, 0.2) is 18.2 Å². The summed E-state index contributed by atoms with van der Waals surface area (Å²) in [4.78, 5) is 13.4. The molecule has 1 aromatic carbocycles. The predicted octanol–water partition coefficient (Wildman–Crippen LogP) is -0.658. The van der Waals surface area contributed by atoms with Crippen LogP contribution in [0.3, 0.4) is 0 Å². The second kappa shape index (κ2) is 3.68. The zero-order valence-electron chi connectivity index (χ0n) is 8.47. The summed E-state index contributed by atoms with van der Waals surface area (Å²) >= 11 is 0. The standard InChI is InChI=1S/C10H12BNO3/c1-2-12-6-7-5-8(11(14)15)3-4-9(7)10(12)13/h3-5,14-15H,2,6H2,1H3. The third-order valence-corrected chi connectivity index (χ3v) is 2.69. The third kappa shape index (κ3) is 1.64. The summed E-state index contributed by atoms with van der Waals surface area (Å²) in [5, 5.41) is 18.0. The van der Waals surface area contributed by atoms with Crippen molar-refractivity contribution in [1.29, 1.82) is 0 Å². The van der Waals surface area contributed by atoms with Gasteiger partial charge in [0.1, 0.15) is 0 Å². The van der Waals surface area contributed by atoms with Crippen molar-refractivity contribution in [1.82, 2.24) is 4.90 Å². The van der Waals surface area contributed by atoms with Gasteiger partial charge in [-0.05, 0) is 24.0 Å². The normalized spacial score (nSPS) is 14.3. The Morgan fingerprint density at radius 3 is 2.80 bits per heavy atom. The fourth-order valence-corrected chi connectivity index (χ4v) is 1.82. The minimum absolute atomic E-state index is 0.0199. The van der Waals surface area contributed by atoms with E-state index in [1.165, 1.54) is 0 Å². The Hall–Kier alpha value is -1.33. The molecule has 2 N–H and O–H groups in total. The summed E-state index contributed by atoms with van der Waals surface area (Å²) < 4.78 is 0. The van der Waals surface area contributed by atoms with Gasteiger partial charge in [-0.2, -0.15) is 0 Å². The Balaban J connectivity index is 2.38. The van der Waals surface area contributed by atoms with Crippen molar-refractivity contribution >= 4 is 18.5 Å². The molecule has 0 saturated heterocycles. The first-order valence-corrected chi connectivity index (χ1v) is 4.91. The second-order valence-corrected chi connectivity index (χ2v) is 3.61. The number of rotatable bonds is 2. The molecule has 0 aliphatic carbocycles. The number of nitrogens with zero attached hydrogens (tertiary/aromatic N) is 1. The number of benzene rings is 1. The summed E-state index contributed by atoms with van der Waals surface area (Å²) in [6, 6.07) is 4.90. The number of fused-ring (bicyclic) bond motifs is 1. The first-order chi connectivity index (χ1) is 7.13. The number of hydrogen-bond donors (Lipinski definition) is 2. The third-order valence-electron chi connectivity index (χ3n) is 2.69. The lowest BCUT2D eigenvalue weighted by atomic mass is 9.79. The van der Waals surface area contributed by atoms with Crippen LogP contribution in [0.2, 0.25) is 0 Å². The van der Waals surface area contributed by atoms with E-state index in [0.29, 0.717) is 24.1 Å². The van der Waals surface area contributed by atoms with E-state index in [-0.39, 0.29) is 5.91 Å². The van der Waals surface area contributed by atoms with Crippen molar-refractivity contribution in [2.24, 2.45) is 0 Å². The van der Waals surface area contributed by atoms with Gasteiger partial charge in [0, 0.05) is 18.7 Å². The van der Waals surface area contributed by atoms with Crippen molar-refractivity contribution in [3.63, 3.8) is 0 Å². The van der Waals surface area contributed by atoms with Gasteiger partial charge in [0.15, 0.2) is 0 Å². The molecule has 1 heterocycles. The minimum atomic E-state index is -1.47. The molecule has 15 heavy (non-hydrogen) atoms. The van der Waals surface area contributed by atoms with Crippen LogP contribution in [0.1, 0.15) is 22.8 Å². The van der Waals surface area contributed by atoms with Crippen LogP contribution >= 0.6 is 0 Å². The lowest BCUT2D eigenvalue weighted by Crippen LogP contribution is -2.30. The first kappa shape index (κ1) is 10.2. The number of carbonyl (C=O) groups is 1. The quantitative estimate of drug-likeness (QED) is 0.630. The molecule has 0 aromatic heterocycles. The smallest absolute Gasteiger partial charge is 0.423 e. The van der Waals surface area contributed by atoms with Gasteiger partial charge in [-0.15, -0.1) is 0 Å². The Kier molecular flexibility index (Phi) is 2.50. The fraction of sp³-hybridized carbons (Fsp3) is 0.300. The van der Waals surface area contributed by atoms with Gasteiger partial charge in [0.05, 0.1) is 0 Å². The molecule has 1 aromatic rings. The van der Waals surface area contributed by atoms with Gasteiger partial charge < -0.3 is 14.9 Å². The van der Waals surface area contributed by atoms with Gasteiger partial charge in [-0.25, -0.2) is 0 Å². The van der Waals surface area contributed by atoms with Crippen LogP contribution in [-0.4, -0.2) is 34.5 Å². The Morgan fingerprint density at radius 2 is 2.20 bits per heavy atom. The topological polar surface area (TPSA) is 60.8 Å². The molecule has 0 radical (unpaired) electrons. The molecule has 1 amide bonds. The van der Waals surface area contributed by atoms with Crippen LogP contribution in [0, 0.1) is 0 Å². The van der Waals surface area contributed by atoms with E-state index in [9.17, 15) is 4.79 Å². The molecular weight excluding hydrogens is 193 g/mol. The molecule has 0 fully saturated rings. The number of hydrogen-bond acceptors (Lipinski definition) is 3. The molecular formula is C10H12BNO3. The van der Waals surface area contributed by atoms with E-state index in [0.717, 1.165) is 5.56 Å². The maximum absolute atomic E-state index is 11.7. The average Bonchev–Trinajstić information content (AvgIpc) is 2.55. The monoisotopic (exact) mass is 205 g/mol. The van der Waals surface area contributed by atoms with Crippen molar-refractivity contribution in [3.05, 3.63) is 29.3 Å². The molecule has 0 spiro atoms. The Labute approximate surface area is 88.3 Å². The molecule has 0 bridgehead atoms. The summed E-state index contributed by atoms with van der Waals surface area (Å²) in [6.45, 7) is 3.15. The highest BCUT2D eigenvalue weighted by molar-refractivity contribution is 6.58. The summed E-state index contributed by atoms with van der Waals surface area (Å²) in [6.07, 6.45) is 0.